The number of rotatable bonds is 7. The average molecular weight is 424 g/mol. The van der Waals surface area contributed by atoms with Crippen molar-refractivity contribution >= 4 is 22.6 Å². The second-order valence-electron chi connectivity index (χ2n) is 7.96. The molecule has 162 valence electrons. The Morgan fingerprint density at radius 3 is 2.48 bits per heavy atom. The quantitative estimate of drug-likeness (QED) is 0.542. The molecule has 0 atom stereocenters. The SMILES string of the molecule is CCNC(=O)C(C)(C)CNC(=O)c1ccc(Cc2n[nH]c(=O)c3ccccc23)cc1F. The van der Waals surface area contributed by atoms with Crippen molar-refractivity contribution in [2.45, 2.75) is 27.2 Å². The number of hydrogen-bond donors (Lipinski definition) is 3. The topological polar surface area (TPSA) is 104 Å². The molecule has 0 saturated heterocycles. The minimum Gasteiger partial charge on any atom is -0.356 e. The van der Waals surface area contributed by atoms with Crippen LogP contribution < -0.4 is 16.2 Å². The van der Waals surface area contributed by atoms with Crippen molar-refractivity contribution in [1.29, 1.82) is 0 Å². The summed E-state index contributed by atoms with van der Waals surface area (Å²) in [6, 6.07) is 11.4. The lowest BCUT2D eigenvalue weighted by Crippen LogP contribution is -2.44. The van der Waals surface area contributed by atoms with Crippen LogP contribution in [0.1, 0.15) is 42.4 Å². The van der Waals surface area contributed by atoms with Crippen LogP contribution in [0.2, 0.25) is 0 Å². The van der Waals surface area contributed by atoms with E-state index in [1.807, 2.05) is 13.0 Å². The molecule has 3 aromatic rings. The Morgan fingerprint density at radius 1 is 1.10 bits per heavy atom. The summed E-state index contributed by atoms with van der Waals surface area (Å²) in [4.78, 5) is 36.4. The predicted molar refractivity (Wildman–Crippen MR) is 116 cm³/mol. The van der Waals surface area contributed by atoms with Crippen LogP contribution in [0.3, 0.4) is 0 Å². The number of carbonyl (C=O) groups is 2. The lowest BCUT2D eigenvalue weighted by molar-refractivity contribution is -0.128. The van der Waals surface area contributed by atoms with Crippen molar-refractivity contribution in [2.24, 2.45) is 5.41 Å². The van der Waals surface area contributed by atoms with Gasteiger partial charge >= 0.3 is 0 Å². The fourth-order valence-electron chi connectivity index (χ4n) is 3.23. The lowest BCUT2D eigenvalue weighted by Gasteiger charge is -2.23. The summed E-state index contributed by atoms with van der Waals surface area (Å²) in [6.07, 6.45) is 0.292. The summed E-state index contributed by atoms with van der Waals surface area (Å²) in [7, 11) is 0. The van der Waals surface area contributed by atoms with E-state index in [0.717, 1.165) is 0 Å². The van der Waals surface area contributed by atoms with Crippen LogP contribution in [-0.4, -0.2) is 35.1 Å². The number of benzene rings is 2. The van der Waals surface area contributed by atoms with E-state index in [1.165, 1.54) is 12.1 Å². The van der Waals surface area contributed by atoms with Crippen molar-refractivity contribution in [3.63, 3.8) is 0 Å². The van der Waals surface area contributed by atoms with Gasteiger partial charge in [0, 0.05) is 24.9 Å². The van der Waals surface area contributed by atoms with Gasteiger partial charge in [-0.05, 0) is 44.5 Å². The minimum atomic E-state index is -0.820. The van der Waals surface area contributed by atoms with Gasteiger partial charge in [-0.3, -0.25) is 14.4 Å². The summed E-state index contributed by atoms with van der Waals surface area (Å²) in [5, 5.41) is 13.1. The van der Waals surface area contributed by atoms with Gasteiger partial charge in [0.2, 0.25) is 5.91 Å². The summed E-state index contributed by atoms with van der Waals surface area (Å²) < 4.78 is 14.7. The fourth-order valence-corrected chi connectivity index (χ4v) is 3.23. The molecule has 0 saturated carbocycles. The zero-order valence-corrected chi connectivity index (χ0v) is 17.7. The smallest absolute Gasteiger partial charge is 0.272 e. The zero-order chi connectivity index (χ0) is 22.6. The first-order valence-electron chi connectivity index (χ1n) is 10.0. The Morgan fingerprint density at radius 2 is 1.81 bits per heavy atom. The highest BCUT2D eigenvalue weighted by Gasteiger charge is 2.28. The highest BCUT2D eigenvalue weighted by molar-refractivity contribution is 5.95. The maximum Gasteiger partial charge on any atom is 0.272 e. The number of carbonyl (C=O) groups excluding carboxylic acids is 2. The highest BCUT2D eigenvalue weighted by Crippen LogP contribution is 2.19. The highest BCUT2D eigenvalue weighted by atomic mass is 19.1. The van der Waals surface area contributed by atoms with E-state index in [9.17, 15) is 18.8 Å². The van der Waals surface area contributed by atoms with E-state index in [1.54, 1.807) is 38.1 Å². The predicted octanol–water partition coefficient (Wildman–Crippen LogP) is 2.55. The number of amides is 2. The van der Waals surface area contributed by atoms with Gasteiger partial charge in [-0.1, -0.05) is 24.3 Å². The maximum atomic E-state index is 14.7. The van der Waals surface area contributed by atoms with E-state index in [0.29, 0.717) is 35.0 Å². The van der Waals surface area contributed by atoms with Crippen LogP contribution in [0.5, 0.6) is 0 Å². The molecule has 3 N–H and O–H groups in total. The van der Waals surface area contributed by atoms with E-state index in [2.05, 4.69) is 20.8 Å². The molecule has 8 heteroatoms. The molecule has 0 aliphatic carbocycles. The first kappa shape index (κ1) is 22.1. The number of halogens is 1. The van der Waals surface area contributed by atoms with Crippen LogP contribution in [-0.2, 0) is 11.2 Å². The Hall–Kier alpha value is -3.55. The van der Waals surface area contributed by atoms with Gasteiger partial charge in [-0.15, -0.1) is 0 Å². The summed E-state index contributed by atoms with van der Waals surface area (Å²) >= 11 is 0. The third-order valence-electron chi connectivity index (χ3n) is 5.07. The Balaban J connectivity index is 1.75. The molecule has 2 amide bonds. The molecule has 31 heavy (non-hydrogen) atoms. The van der Waals surface area contributed by atoms with E-state index in [4.69, 9.17) is 0 Å². The molecule has 0 unspecified atom stereocenters. The van der Waals surface area contributed by atoms with Crippen molar-refractivity contribution in [2.75, 3.05) is 13.1 Å². The van der Waals surface area contributed by atoms with Gasteiger partial charge in [0.15, 0.2) is 0 Å². The zero-order valence-electron chi connectivity index (χ0n) is 17.7. The molecule has 7 nitrogen and oxygen atoms in total. The molecule has 0 fully saturated rings. The molecule has 1 heterocycles. The van der Waals surface area contributed by atoms with E-state index < -0.39 is 17.1 Å². The van der Waals surface area contributed by atoms with Gasteiger partial charge in [0.25, 0.3) is 11.5 Å². The molecule has 0 bridgehead atoms. The van der Waals surface area contributed by atoms with Crippen LogP contribution in [0, 0.1) is 11.2 Å². The maximum absolute atomic E-state index is 14.7. The molecule has 0 aliphatic heterocycles. The second kappa shape index (κ2) is 9.07. The number of fused-ring (bicyclic) bond motifs is 1. The van der Waals surface area contributed by atoms with Crippen molar-refractivity contribution in [3.8, 4) is 0 Å². The van der Waals surface area contributed by atoms with E-state index in [-0.39, 0.29) is 23.6 Å². The van der Waals surface area contributed by atoms with Crippen LogP contribution in [0.25, 0.3) is 10.8 Å². The van der Waals surface area contributed by atoms with Gasteiger partial charge in [-0.2, -0.15) is 5.10 Å². The standard InChI is InChI=1S/C23H25FN4O3/c1-4-25-22(31)23(2,3)13-26-20(29)17-10-9-14(11-18(17)24)12-19-15-7-5-6-8-16(15)21(30)28-27-19/h5-11H,4,12-13H2,1-3H3,(H,25,31)(H,26,29)(H,28,30). The first-order valence-corrected chi connectivity index (χ1v) is 10.0. The molecule has 0 spiro atoms. The van der Waals surface area contributed by atoms with Crippen LogP contribution >= 0.6 is 0 Å². The van der Waals surface area contributed by atoms with Crippen molar-refractivity contribution in [1.82, 2.24) is 20.8 Å². The number of hydrogen-bond acceptors (Lipinski definition) is 4. The van der Waals surface area contributed by atoms with E-state index >= 15 is 0 Å². The average Bonchev–Trinajstić information content (AvgIpc) is 2.74. The molecule has 3 rings (SSSR count). The third kappa shape index (κ3) is 4.96. The van der Waals surface area contributed by atoms with Crippen molar-refractivity contribution in [3.05, 3.63) is 75.5 Å². The summed E-state index contributed by atoms with van der Waals surface area (Å²) in [5.41, 5.74) is 0.0127. The molecule has 0 radical (unpaired) electrons. The number of H-pyrrole nitrogens is 1. The Labute approximate surface area is 179 Å². The number of nitrogens with zero attached hydrogens (tertiary/aromatic N) is 1. The van der Waals surface area contributed by atoms with Gasteiger partial charge in [0.1, 0.15) is 5.82 Å². The number of aromatic nitrogens is 2. The minimum absolute atomic E-state index is 0.0755. The van der Waals surface area contributed by atoms with Crippen LogP contribution in [0.15, 0.2) is 47.3 Å². The molecule has 1 aromatic heterocycles. The molecule has 2 aromatic carbocycles. The number of nitrogens with one attached hydrogen (secondary N) is 3. The number of aromatic amines is 1. The van der Waals surface area contributed by atoms with Gasteiger partial charge in [-0.25, -0.2) is 9.49 Å². The van der Waals surface area contributed by atoms with Crippen molar-refractivity contribution < 1.29 is 14.0 Å². The second-order valence-corrected chi connectivity index (χ2v) is 7.96. The van der Waals surface area contributed by atoms with Crippen LogP contribution in [0.4, 0.5) is 4.39 Å². The molecular weight excluding hydrogens is 399 g/mol. The largest absolute Gasteiger partial charge is 0.356 e. The molecule has 0 aliphatic rings. The molecular formula is C23H25FN4O3. The summed E-state index contributed by atoms with van der Waals surface area (Å²) in [5.74, 6) is -1.44. The van der Waals surface area contributed by atoms with Gasteiger partial charge in [0.05, 0.1) is 22.1 Å². The Kier molecular flexibility index (Phi) is 6.48. The monoisotopic (exact) mass is 424 g/mol. The van der Waals surface area contributed by atoms with Gasteiger partial charge < -0.3 is 10.6 Å². The first-order chi connectivity index (χ1) is 14.7. The lowest BCUT2D eigenvalue weighted by atomic mass is 9.92. The Bertz CT molecular complexity index is 1190. The fraction of sp³-hybridized carbons (Fsp3) is 0.304. The third-order valence-corrected chi connectivity index (χ3v) is 5.07. The summed E-state index contributed by atoms with van der Waals surface area (Å²) in [6.45, 7) is 5.80. The normalized spacial score (nSPS) is 11.4.